The molecule has 0 heterocycles. The van der Waals surface area contributed by atoms with Crippen molar-refractivity contribution in [2.45, 2.75) is 18.6 Å². The Kier molecular flexibility index (Phi) is 6.30. The summed E-state index contributed by atoms with van der Waals surface area (Å²) in [6.45, 7) is 0. The van der Waals surface area contributed by atoms with Gasteiger partial charge in [-0.3, -0.25) is 10.1 Å². The van der Waals surface area contributed by atoms with Crippen LogP contribution in [0.4, 0.5) is 11.4 Å². The second-order valence-electron chi connectivity index (χ2n) is 7.41. The number of aliphatic hydroxyl groups is 1. The molecule has 2 unspecified atom stereocenters. The molecule has 0 spiro atoms. The molecule has 0 fully saturated rings. The van der Waals surface area contributed by atoms with Crippen LogP contribution in [0.2, 0.25) is 0 Å². The Hall–Kier alpha value is -3.22. The number of aliphatic hydroxyl groups excluding tert-OH is 1. The fraction of sp³-hybridized carbons (Fsp3) is 0.120. The van der Waals surface area contributed by atoms with Crippen molar-refractivity contribution in [1.82, 2.24) is 0 Å². The van der Waals surface area contributed by atoms with E-state index in [0.717, 1.165) is 32.1 Å². The maximum absolute atomic E-state index is 11.0. The first-order chi connectivity index (χ1) is 15.0. The first-order valence-electron chi connectivity index (χ1n) is 9.93. The van der Waals surface area contributed by atoms with Crippen molar-refractivity contribution in [3.05, 3.63) is 117 Å². The fourth-order valence-electron chi connectivity index (χ4n) is 3.63. The molecule has 5 nitrogen and oxygen atoms in total. The van der Waals surface area contributed by atoms with Gasteiger partial charge in [0.05, 0.1) is 17.1 Å². The van der Waals surface area contributed by atoms with Gasteiger partial charge in [0, 0.05) is 28.7 Å². The largest absolute Gasteiger partial charge is 0.388 e. The standard InChI is InChI=1S/C25H21BrN2O3/c26-21-9-7-18(8-10-21)24(27-22-11-13-23(14-12-22)28(30)31)16-25(29)20-6-5-17-3-1-2-4-19(17)15-20/h1-15,24-25,27,29H,16H2. The third-order valence-electron chi connectivity index (χ3n) is 5.31. The summed E-state index contributed by atoms with van der Waals surface area (Å²) in [6, 6.07) is 28.1. The molecular weight excluding hydrogens is 456 g/mol. The van der Waals surface area contributed by atoms with Crippen molar-refractivity contribution in [3.8, 4) is 0 Å². The topological polar surface area (TPSA) is 75.4 Å². The molecule has 0 bridgehead atoms. The van der Waals surface area contributed by atoms with Crippen LogP contribution in [0.15, 0.2) is 95.5 Å². The van der Waals surface area contributed by atoms with Crippen LogP contribution in [0.3, 0.4) is 0 Å². The zero-order valence-electron chi connectivity index (χ0n) is 16.6. The molecule has 4 aromatic rings. The quantitative estimate of drug-likeness (QED) is 0.227. The minimum atomic E-state index is -0.677. The zero-order valence-corrected chi connectivity index (χ0v) is 18.2. The van der Waals surface area contributed by atoms with Crippen LogP contribution in [0, 0.1) is 10.1 Å². The van der Waals surface area contributed by atoms with Crippen LogP contribution in [0.5, 0.6) is 0 Å². The number of anilines is 1. The van der Waals surface area contributed by atoms with Gasteiger partial charge in [-0.2, -0.15) is 0 Å². The number of rotatable bonds is 7. The summed E-state index contributed by atoms with van der Waals surface area (Å²) in [5, 5.41) is 27.6. The normalized spacial score (nSPS) is 13.0. The summed E-state index contributed by atoms with van der Waals surface area (Å²) < 4.78 is 0.973. The molecule has 4 rings (SSSR count). The second kappa shape index (κ2) is 9.29. The maximum atomic E-state index is 11.0. The highest BCUT2D eigenvalue weighted by atomic mass is 79.9. The predicted octanol–water partition coefficient (Wildman–Crippen LogP) is 6.79. The van der Waals surface area contributed by atoms with Crippen LogP contribution in [-0.4, -0.2) is 10.0 Å². The average molecular weight is 477 g/mol. The van der Waals surface area contributed by atoms with Crippen molar-refractivity contribution in [1.29, 1.82) is 0 Å². The number of hydrogen-bond donors (Lipinski definition) is 2. The minimum Gasteiger partial charge on any atom is -0.388 e. The van der Waals surface area contributed by atoms with Gasteiger partial charge in [-0.25, -0.2) is 0 Å². The number of benzene rings is 4. The number of halogens is 1. The predicted molar refractivity (Wildman–Crippen MR) is 127 cm³/mol. The third kappa shape index (κ3) is 5.10. The average Bonchev–Trinajstić information content (AvgIpc) is 2.79. The lowest BCUT2D eigenvalue weighted by Gasteiger charge is -2.24. The number of fused-ring (bicyclic) bond motifs is 1. The Morgan fingerprint density at radius 2 is 1.52 bits per heavy atom. The molecular formula is C25H21BrN2O3. The van der Waals surface area contributed by atoms with Crippen LogP contribution in [0.25, 0.3) is 10.8 Å². The van der Waals surface area contributed by atoms with Crippen molar-refractivity contribution in [2.75, 3.05) is 5.32 Å². The van der Waals surface area contributed by atoms with E-state index in [0.29, 0.717) is 6.42 Å². The molecule has 4 aromatic carbocycles. The van der Waals surface area contributed by atoms with Crippen LogP contribution >= 0.6 is 15.9 Å². The van der Waals surface area contributed by atoms with E-state index in [1.807, 2.05) is 66.7 Å². The lowest BCUT2D eigenvalue weighted by atomic mass is 9.95. The lowest BCUT2D eigenvalue weighted by Crippen LogP contribution is -2.15. The van der Waals surface area contributed by atoms with Gasteiger partial charge in [0.25, 0.3) is 5.69 Å². The van der Waals surface area contributed by atoms with Gasteiger partial charge < -0.3 is 10.4 Å². The molecule has 0 aliphatic carbocycles. The zero-order chi connectivity index (χ0) is 21.8. The Balaban J connectivity index is 1.59. The highest BCUT2D eigenvalue weighted by Crippen LogP contribution is 2.32. The second-order valence-corrected chi connectivity index (χ2v) is 8.33. The SMILES string of the molecule is O=[N+]([O-])c1ccc(NC(CC(O)c2ccc3ccccc3c2)c2ccc(Br)cc2)cc1. The summed E-state index contributed by atoms with van der Waals surface area (Å²) >= 11 is 3.46. The van der Waals surface area contributed by atoms with E-state index in [4.69, 9.17) is 0 Å². The summed E-state index contributed by atoms with van der Waals surface area (Å²) in [7, 11) is 0. The van der Waals surface area contributed by atoms with Crippen molar-refractivity contribution in [2.24, 2.45) is 0 Å². The maximum Gasteiger partial charge on any atom is 0.269 e. The summed E-state index contributed by atoms with van der Waals surface area (Å²) in [5.41, 5.74) is 2.67. The third-order valence-corrected chi connectivity index (χ3v) is 5.84. The summed E-state index contributed by atoms with van der Waals surface area (Å²) in [5.74, 6) is 0. The van der Waals surface area contributed by atoms with E-state index in [2.05, 4.69) is 21.2 Å². The molecule has 0 saturated carbocycles. The number of non-ortho nitro benzene ring substituents is 1. The van der Waals surface area contributed by atoms with Crippen LogP contribution < -0.4 is 5.32 Å². The molecule has 156 valence electrons. The molecule has 0 amide bonds. The Morgan fingerprint density at radius 1 is 0.871 bits per heavy atom. The Morgan fingerprint density at radius 3 is 2.19 bits per heavy atom. The first kappa shape index (κ1) is 21.0. The minimum absolute atomic E-state index is 0.0435. The monoisotopic (exact) mass is 476 g/mol. The smallest absolute Gasteiger partial charge is 0.269 e. The summed E-state index contributed by atoms with van der Waals surface area (Å²) in [6.07, 6.45) is -0.236. The van der Waals surface area contributed by atoms with E-state index >= 15 is 0 Å². The van der Waals surface area contributed by atoms with Gasteiger partial charge in [0.15, 0.2) is 0 Å². The van der Waals surface area contributed by atoms with Gasteiger partial charge in [-0.1, -0.05) is 64.5 Å². The van der Waals surface area contributed by atoms with E-state index in [1.165, 1.54) is 12.1 Å². The van der Waals surface area contributed by atoms with Crippen LogP contribution in [-0.2, 0) is 0 Å². The van der Waals surface area contributed by atoms with Gasteiger partial charge in [0.2, 0.25) is 0 Å². The van der Waals surface area contributed by atoms with Crippen molar-refractivity contribution >= 4 is 38.1 Å². The first-order valence-corrected chi connectivity index (χ1v) is 10.7. The molecule has 0 saturated heterocycles. The molecule has 2 N–H and O–H groups in total. The highest BCUT2D eigenvalue weighted by Gasteiger charge is 2.19. The number of nitrogens with zero attached hydrogens (tertiary/aromatic N) is 1. The molecule has 0 aromatic heterocycles. The van der Waals surface area contributed by atoms with E-state index in [9.17, 15) is 15.2 Å². The number of nitrogens with one attached hydrogen (secondary N) is 1. The molecule has 6 heteroatoms. The van der Waals surface area contributed by atoms with Crippen molar-refractivity contribution in [3.63, 3.8) is 0 Å². The van der Waals surface area contributed by atoms with Gasteiger partial charge in [-0.15, -0.1) is 0 Å². The highest BCUT2D eigenvalue weighted by molar-refractivity contribution is 9.10. The molecule has 0 radical (unpaired) electrons. The Bertz CT molecular complexity index is 1190. The number of nitro benzene ring substituents is 1. The van der Waals surface area contributed by atoms with Gasteiger partial charge in [0.1, 0.15) is 0 Å². The van der Waals surface area contributed by atoms with Gasteiger partial charge in [-0.05, 0) is 52.2 Å². The number of hydrogen-bond acceptors (Lipinski definition) is 4. The van der Waals surface area contributed by atoms with Gasteiger partial charge >= 0.3 is 0 Å². The van der Waals surface area contributed by atoms with E-state index in [-0.39, 0.29) is 11.7 Å². The summed E-state index contributed by atoms with van der Waals surface area (Å²) in [4.78, 5) is 10.5. The molecule has 0 aliphatic heterocycles. The molecule has 31 heavy (non-hydrogen) atoms. The lowest BCUT2D eigenvalue weighted by molar-refractivity contribution is -0.384. The van der Waals surface area contributed by atoms with E-state index < -0.39 is 11.0 Å². The van der Waals surface area contributed by atoms with Crippen molar-refractivity contribution < 1.29 is 10.0 Å². The molecule has 0 aliphatic rings. The molecule has 2 atom stereocenters. The van der Waals surface area contributed by atoms with E-state index in [1.54, 1.807) is 12.1 Å². The Labute approximate surface area is 188 Å². The number of nitro groups is 1. The van der Waals surface area contributed by atoms with Crippen LogP contribution in [0.1, 0.15) is 29.7 Å². The fourth-order valence-corrected chi connectivity index (χ4v) is 3.89.